The van der Waals surface area contributed by atoms with E-state index in [1.54, 1.807) is 18.4 Å². The van der Waals surface area contributed by atoms with Crippen LogP contribution in [-0.2, 0) is 27.6 Å². The number of unbranched alkanes of at least 4 members (excludes halogenated alkanes) is 1. The molecule has 0 radical (unpaired) electrons. The van der Waals surface area contributed by atoms with E-state index in [1.807, 2.05) is 0 Å². The van der Waals surface area contributed by atoms with Crippen LogP contribution in [0.5, 0.6) is 0 Å². The van der Waals surface area contributed by atoms with Crippen LogP contribution in [0.15, 0.2) is 12.1 Å². The number of ether oxygens (including phenoxy) is 1. The fourth-order valence-electron chi connectivity index (χ4n) is 3.02. The van der Waals surface area contributed by atoms with Crippen molar-refractivity contribution in [1.29, 1.82) is 0 Å². The highest BCUT2D eigenvalue weighted by molar-refractivity contribution is 7.85. The van der Waals surface area contributed by atoms with Gasteiger partial charge in [-0.3, -0.25) is 0 Å². The van der Waals surface area contributed by atoms with Crippen molar-refractivity contribution in [1.82, 2.24) is 4.98 Å². The van der Waals surface area contributed by atoms with Gasteiger partial charge in [0, 0.05) is 25.3 Å². The Hall–Kier alpha value is -1.65. The van der Waals surface area contributed by atoms with E-state index in [4.69, 9.17) is 4.74 Å². The van der Waals surface area contributed by atoms with Crippen molar-refractivity contribution in [2.45, 2.75) is 45.5 Å². The molecule has 10 heteroatoms. The second kappa shape index (κ2) is 7.53. The fourth-order valence-corrected chi connectivity index (χ4v) is 3.58. The minimum atomic E-state index is -4.51. The molecule has 1 aromatic heterocycles. The number of fused-ring (bicyclic) bond motifs is 1. The molecule has 0 bridgehead atoms. The van der Waals surface area contributed by atoms with Gasteiger partial charge in [-0.2, -0.15) is 13.2 Å². The van der Waals surface area contributed by atoms with Gasteiger partial charge >= 0.3 is 6.18 Å². The summed E-state index contributed by atoms with van der Waals surface area (Å²) in [6.07, 6.45) is -4.68. The largest absolute Gasteiger partial charge is 0.748 e. The second-order valence-corrected chi connectivity index (χ2v) is 7.65. The van der Waals surface area contributed by atoms with Gasteiger partial charge in [0.2, 0.25) is 0 Å². The molecule has 1 atom stereocenters. The molecule has 6 nitrogen and oxygen atoms in total. The van der Waals surface area contributed by atoms with E-state index in [2.05, 4.69) is 4.98 Å². The van der Waals surface area contributed by atoms with Crippen molar-refractivity contribution >= 4 is 21.2 Å². The summed E-state index contributed by atoms with van der Waals surface area (Å²) in [4.78, 5) is 2.98. The fraction of sp³-hybridized carbons (Fsp3) is 0.562. The lowest BCUT2D eigenvalue weighted by atomic mass is 10.0. The summed E-state index contributed by atoms with van der Waals surface area (Å²) < 4.78 is 79.0. The predicted molar refractivity (Wildman–Crippen MR) is 87.5 cm³/mol. The SMILES string of the molecule is COC(C)c1c(C(F)(F)F)ccc2c1[nH]c(C)[n+]2CCCCS(=O)(=O)[O-]. The van der Waals surface area contributed by atoms with Crippen molar-refractivity contribution in [2.75, 3.05) is 12.9 Å². The number of rotatable bonds is 7. The van der Waals surface area contributed by atoms with Crippen LogP contribution in [0.1, 0.15) is 42.8 Å². The number of hydrogen-bond donors (Lipinski definition) is 1. The number of alkyl halides is 3. The Morgan fingerprint density at radius 1 is 1.31 bits per heavy atom. The van der Waals surface area contributed by atoms with Gasteiger partial charge in [-0.25, -0.2) is 18.0 Å². The highest BCUT2D eigenvalue weighted by Gasteiger charge is 2.37. The monoisotopic (exact) mass is 394 g/mol. The predicted octanol–water partition coefficient (Wildman–Crippen LogP) is 2.82. The first kappa shape index (κ1) is 20.7. The molecule has 0 fully saturated rings. The molecule has 0 amide bonds. The summed E-state index contributed by atoms with van der Waals surface area (Å²) in [7, 11) is -2.93. The maximum atomic E-state index is 13.4. The Morgan fingerprint density at radius 2 is 1.96 bits per heavy atom. The average molecular weight is 394 g/mol. The normalized spacial score (nSPS) is 14.1. The van der Waals surface area contributed by atoms with Crippen LogP contribution in [0.4, 0.5) is 13.2 Å². The molecule has 1 heterocycles. The molecule has 26 heavy (non-hydrogen) atoms. The molecule has 0 spiro atoms. The van der Waals surface area contributed by atoms with Crippen LogP contribution in [-0.4, -0.2) is 30.8 Å². The number of aromatic amines is 1. The summed E-state index contributed by atoms with van der Waals surface area (Å²) in [5, 5.41) is 0. The molecule has 1 aromatic carbocycles. The number of H-pyrrole nitrogens is 1. The molecular formula is C16H21F3N2O4S. The van der Waals surface area contributed by atoms with Crippen molar-refractivity contribution in [3.05, 3.63) is 29.1 Å². The number of benzene rings is 1. The lowest BCUT2D eigenvalue weighted by Gasteiger charge is -2.16. The van der Waals surface area contributed by atoms with Gasteiger partial charge in [0.15, 0.2) is 11.0 Å². The van der Waals surface area contributed by atoms with Gasteiger partial charge in [-0.05, 0) is 31.9 Å². The third-order valence-electron chi connectivity index (χ3n) is 4.32. The Balaban J connectivity index is 2.44. The molecule has 2 rings (SSSR count). The molecule has 0 aliphatic heterocycles. The molecule has 0 aliphatic rings. The topological polar surface area (TPSA) is 86.1 Å². The first-order valence-electron chi connectivity index (χ1n) is 8.04. The summed E-state index contributed by atoms with van der Waals surface area (Å²) in [6, 6.07) is 2.41. The summed E-state index contributed by atoms with van der Waals surface area (Å²) in [6.45, 7) is 3.65. The van der Waals surface area contributed by atoms with E-state index in [0.717, 1.165) is 6.07 Å². The second-order valence-electron chi connectivity index (χ2n) is 6.13. The van der Waals surface area contributed by atoms with Crippen LogP contribution in [0.25, 0.3) is 11.0 Å². The average Bonchev–Trinajstić information content (AvgIpc) is 2.83. The van der Waals surface area contributed by atoms with Crippen molar-refractivity contribution in [3.63, 3.8) is 0 Å². The van der Waals surface area contributed by atoms with E-state index in [0.29, 0.717) is 29.8 Å². The van der Waals surface area contributed by atoms with Crippen LogP contribution in [0.3, 0.4) is 0 Å². The van der Waals surface area contributed by atoms with Crippen LogP contribution >= 0.6 is 0 Å². The lowest BCUT2D eigenvalue weighted by Crippen LogP contribution is -2.36. The minimum Gasteiger partial charge on any atom is -0.748 e. The first-order valence-corrected chi connectivity index (χ1v) is 9.62. The van der Waals surface area contributed by atoms with Crippen LogP contribution in [0.2, 0.25) is 0 Å². The maximum Gasteiger partial charge on any atom is 0.416 e. The number of aryl methyl sites for hydroxylation is 2. The highest BCUT2D eigenvalue weighted by Crippen LogP contribution is 2.38. The number of nitrogens with one attached hydrogen (secondary N) is 1. The Labute approximate surface area is 149 Å². The minimum absolute atomic E-state index is 0.0292. The zero-order valence-corrected chi connectivity index (χ0v) is 15.5. The van der Waals surface area contributed by atoms with Gasteiger partial charge < -0.3 is 9.29 Å². The molecule has 0 saturated heterocycles. The van der Waals surface area contributed by atoms with Gasteiger partial charge in [0.25, 0.3) is 5.82 Å². The van der Waals surface area contributed by atoms with Gasteiger partial charge in [0.1, 0.15) is 0 Å². The number of nitrogens with zero attached hydrogens (tertiary/aromatic N) is 1. The Morgan fingerprint density at radius 3 is 2.50 bits per heavy atom. The highest BCUT2D eigenvalue weighted by atomic mass is 32.2. The third kappa shape index (κ3) is 4.54. The van der Waals surface area contributed by atoms with Crippen molar-refractivity contribution in [2.24, 2.45) is 0 Å². The standard InChI is InChI=1S/C16H21F3N2O4S/c1-10(25-3)14-12(16(17,18)19)6-7-13-15(14)20-11(2)21(13)8-4-5-9-26(22,23)24/h6-7,10H,4-5,8-9H2,1-3H3,(H,22,23,24). The molecule has 1 unspecified atom stereocenters. The third-order valence-corrected chi connectivity index (χ3v) is 5.11. The Kier molecular flexibility index (Phi) is 5.99. The number of imidazole rings is 1. The Bertz CT molecular complexity index is 891. The van der Waals surface area contributed by atoms with Gasteiger partial charge in [0.05, 0.1) is 28.3 Å². The molecule has 0 aliphatic carbocycles. The molecule has 1 N–H and O–H groups in total. The van der Waals surface area contributed by atoms with Gasteiger partial charge in [-0.1, -0.05) is 0 Å². The molecule has 0 saturated carbocycles. The lowest BCUT2D eigenvalue weighted by molar-refractivity contribution is -0.677. The smallest absolute Gasteiger partial charge is 0.416 e. The van der Waals surface area contributed by atoms with Crippen molar-refractivity contribution in [3.8, 4) is 0 Å². The van der Waals surface area contributed by atoms with Crippen LogP contribution < -0.4 is 4.57 Å². The van der Waals surface area contributed by atoms with E-state index in [9.17, 15) is 26.1 Å². The number of methoxy groups -OCH3 is 1. The van der Waals surface area contributed by atoms with E-state index >= 15 is 0 Å². The molecular weight excluding hydrogens is 373 g/mol. The zero-order valence-electron chi connectivity index (χ0n) is 14.7. The van der Waals surface area contributed by atoms with Crippen LogP contribution in [0, 0.1) is 6.92 Å². The summed E-state index contributed by atoms with van der Waals surface area (Å²) in [5.74, 6) is 0.174. The number of aromatic nitrogens is 2. The number of hydrogen-bond acceptors (Lipinski definition) is 4. The maximum absolute atomic E-state index is 13.4. The van der Waals surface area contributed by atoms with E-state index in [-0.39, 0.29) is 12.0 Å². The first-order chi connectivity index (χ1) is 12.0. The van der Waals surface area contributed by atoms with E-state index < -0.39 is 33.7 Å². The molecule has 146 valence electrons. The summed E-state index contributed by atoms with van der Waals surface area (Å²) in [5.41, 5.74) is 0.175. The quantitative estimate of drug-likeness (QED) is 0.445. The molecule has 2 aromatic rings. The zero-order chi connectivity index (χ0) is 19.7. The number of halogens is 3. The van der Waals surface area contributed by atoms with Gasteiger partial charge in [-0.15, -0.1) is 0 Å². The summed E-state index contributed by atoms with van der Waals surface area (Å²) >= 11 is 0. The van der Waals surface area contributed by atoms with E-state index in [1.165, 1.54) is 13.2 Å². The van der Waals surface area contributed by atoms with Crippen molar-refractivity contribution < 1.29 is 35.4 Å².